The molecule has 0 aromatic heterocycles. The van der Waals surface area contributed by atoms with Crippen LogP contribution in [0.15, 0.2) is 24.3 Å². The van der Waals surface area contributed by atoms with Gasteiger partial charge >= 0.3 is 0 Å². The van der Waals surface area contributed by atoms with Gasteiger partial charge in [-0.2, -0.15) is 0 Å². The van der Waals surface area contributed by atoms with E-state index in [9.17, 15) is 18.0 Å². The van der Waals surface area contributed by atoms with Crippen LogP contribution in [0.4, 0.5) is 0 Å². The lowest BCUT2D eigenvalue weighted by atomic mass is 10.1. The second kappa shape index (κ2) is 10.3. The fourth-order valence-corrected chi connectivity index (χ4v) is 3.27. The summed E-state index contributed by atoms with van der Waals surface area (Å²) in [6, 6.07) is 6.22. The lowest BCUT2D eigenvalue weighted by Crippen LogP contribution is -2.49. The molecule has 1 rings (SSSR count). The molecule has 0 heterocycles. The summed E-state index contributed by atoms with van der Waals surface area (Å²) >= 11 is 0. The van der Waals surface area contributed by atoms with Gasteiger partial charge in [0.15, 0.2) is 0 Å². The van der Waals surface area contributed by atoms with Gasteiger partial charge in [0.25, 0.3) is 5.91 Å². The molecule has 0 aliphatic carbocycles. The van der Waals surface area contributed by atoms with Crippen LogP contribution in [0.1, 0.15) is 49.0 Å². The highest BCUT2D eigenvalue weighted by atomic mass is 32.2. The molecule has 1 aromatic rings. The van der Waals surface area contributed by atoms with Gasteiger partial charge in [0, 0.05) is 24.9 Å². The predicted molar refractivity (Wildman–Crippen MR) is 104 cm³/mol. The van der Waals surface area contributed by atoms with Crippen LogP contribution in [0.5, 0.6) is 0 Å². The minimum absolute atomic E-state index is 0.0673. The van der Waals surface area contributed by atoms with Crippen molar-refractivity contribution in [3.8, 4) is 0 Å². The van der Waals surface area contributed by atoms with Crippen molar-refractivity contribution in [2.45, 2.75) is 46.1 Å². The van der Waals surface area contributed by atoms with Crippen molar-refractivity contribution in [2.24, 2.45) is 0 Å². The highest BCUT2D eigenvalue weighted by Crippen LogP contribution is 2.08. The number of aryl methyl sites for hydroxylation is 1. The maximum absolute atomic E-state index is 12.8. The smallest absolute Gasteiger partial charge is 0.251 e. The van der Waals surface area contributed by atoms with Crippen molar-refractivity contribution in [3.63, 3.8) is 0 Å². The molecule has 1 unspecified atom stereocenters. The zero-order chi connectivity index (χ0) is 19.7. The number of hydrogen-bond donors (Lipinski definition) is 1. The van der Waals surface area contributed by atoms with Crippen molar-refractivity contribution < 1.29 is 18.0 Å². The van der Waals surface area contributed by atoms with E-state index in [0.717, 1.165) is 24.7 Å². The lowest BCUT2D eigenvalue weighted by molar-refractivity contribution is -0.133. The second-order valence-electron chi connectivity index (χ2n) is 6.59. The Morgan fingerprint density at radius 3 is 2.46 bits per heavy atom. The van der Waals surface area contributed by atoms with E-state index in [0.29, 0.717) is 18.7 Å². The van der Waals surface area contributed by atoms with E-state index < -0.39 is 15.9 Å². The van der Waals surface area contributed by atoms with Gasteiger partial charge < -0.3 is 10.2 Å². The van der Waals surface area contributed by atoms with Gasteiger partial charge in [0.1, 0.15) is 15.9 Å². The number of benzene rings is 1. The first-order valence-electron chi connectivity index (χ1n) is 9.02. The molecule has 146 valence electrons. The molecular formula is C19H30N2O4S. The maximum Gasteiger partial charge on any atom is 0.251 e. The SMILES string of the molecule is CCCCN(CC)C(=O)C(CCS(C)(=O)=O)NC(=O)c1cccc(C)c1. The molecule has 7 heteroatoms. The molecule has 0 spiro atoms. The van der Waals surface area contributed by atoms with Crippen LogP contribution in [0.2, 0.25) is 0 Å². The van der Waals surface area contributed by atoms with E-state index in [1.54, 1.807) is 23.1 Å². The van der Waals surface area contributed by atoms with Crippen molar-refractivity contribution in [1.29, 1.82) is 0 Å². The van der Waals surface area contributed by atoms with Crippen LogP contribution in [0, 0.1) is 6.92 Å². The van der Waals surface area contributed by atoms with E-state index >= 15 is 0 Å². The van der Waals surface area contributed by atoms with Crippen LogP contribution in [0.25, 0.3) is 0 Å². The van der Waals surface area contributed by atoms with Gasteiger partial charge in [0.05, 0.1) is 5.75 Å². The zero-order valence-corrected chi connectivity index (χ0v) is 16.9. The van der Waals surface area contributed by atoms with Gasteiger partial charge in [-0.3, -0.25) is 9.59 Å². The van der Waals surface area contributed by atoms with Crippen LogP contribution in [-0.4, -0.2) is 56.3 Å². The number of unbranched alkanes of at least 4 members (excludes halogenated alkanes) is 1. The third-order valence-electron chi connectivity index (χ3n) is 4.14. The molecule has 0 saturated carbocycles. The average molecular weight is 383 g/mol. The van der Waals surface area contributed by atoms with Gasteiger partial charge in [0.2, 0.25) is 5.91 Å². The molecule has 0 aliphatic heterocycles. The normalized spacial score (nSPS) is 12.5. The molecule has 1 atom stereocenters. The summed E-state index contributed by atoms with van der Waals surface area (Å²) in [7, 11) is -3.23. The number of nitrogens with zero attached hydrogens (tertiary/aromatic N) is 1. The second-order valence-corrected chi connectivity index (χ2v) is 8.85. The summed E-state index contributed by atoms with van der Waals surface area (Å²) in [5.41, 5.74) is 1.40. The van der Waals surface area contributed by atoms with E-state index in [1.807, 2.05) is 26.8 Å². The van der Waals surface area contributed by atoms with E-state index in [1.165, 1.54) is 0 Å². The third-order valence-corrected chi connectivity index (χ3v) is 5.11. The van der Waals surface area contributed by atoms with Gasteiger partial charge in [-0.05, 0) is 38.8 Å². The minimum atomic E-state index is -3.23. The molecule has 0 bridgehead atoms. The van der Waals surface area contributed by atoms with E-state index in [4.69, 9.17) is 0 Å². The van der Waals surface area contributed by atoms with Gasteiger partial charge in [-0.1, -0.05) is 31.0 Å². The Morgan fingerprint density at radius 1 is 1.23 bits per heavy atom. The quantitative estimate of drug-likeness (QED) is 0.672. The number of likely N-dealkylation sites (N-methyl/N-ethyl adjacent to an activating group) is 1. The highest BCUT2D eigenvalue weighted by molar-refractivity contribution is 7.90. The van der Waals surface area contributed by atoms with Crippen LogP contribution < -0.4 is 5.32 Å². The molecule has 0 aliphatic rings. The van der Waals surface area contributed by atoms with Crippen LogP contribution in [-0.2, 0) is 14.6 Å². The summed E-state index contributed by atoms with van der Waals surface area (Å²) in [6.45, 7) is 6.92. The molecule has 0 saturated heterocycles. The zero-order valence-electron chi connectivity index (χ0n) is 16.1. The molecule has 0 radical (unpaired) electrons. The first-order valence-corrected chi connectivity index (χ1v) is 11.1. The maximum atomic E-state index is 12.8. The summed E-state index contributed by atoms with van der Waals surface area (Å²) in [6.07, 6.45) is 3.01. The fraction of sp³-hybridized carbons (Fsp3) is 0.579. The van der Waals surface area contributed by atoms with Crippen LogP contribution in [0.3, 0.4) is 0 Å². The molecular weight excluding hydrogens is 352 g/mol. The third kappa shape index (κ3) is 7.56. The molecule has 0 fully saturated rings. The fourth-order valence-electron chi connectivity index (χ4n) is 2.61. The molecule has 26 heavy (non-hydrogen) atoms. The minimum Gasteiger partial charge on any atom is -0.341 e. The Kier molecular flexibility index (Phi) is 8.78. The van der Waals surface area contributed by atoms with Crippen molar-refractivity contribution in [2.75, 3.05) is 25.1 Å². The van der Waals surface area contributed by atoms with Crippen molar-refractivity contribution in [3.05, 3.63) is 35.4 Å². The number of sulfone groups is 1. The van der Waals surface area contributed by atoms with E-state index in [2.05, 4.69) is 5.32 Å². The average Bonchev–Trinajstić information content (AvgIpc) is 2.58. The van der Waals surface area contributed by atoms with Gasteiger partial charge in [-0.15, -0.1) is 0 Å². The van der Waals surface area contributed by atoms with Crippen molar-refractivity contribution >= 4 is 21.7 Å². The Bertz CT molecular complexity index is 716. The Hall–Kier alpha value is -1.89. The summed E-state index contributed by atoms with van der Waals surface area (Å²) < 4.78 is 23.1. The Labute approximate surface area is 156 Å². The molecule has 1 aromatic carbocycles. The number of carbonyl (C=O) groups is 2. The number of carbonyl (C=O) groups excluding carboxylic acids is 2. The lowest BCUT2D eigenvalue weighted by Gasteiger charge is -2.27. The molecule has 2 amide bonds. The van der Waals surface area contributed by atoms with Crippen molar-refractivity contribution in [1.82, 2.24) is 10.2 Å². The number of rotatable bonds is 10. The Balaban J connectivity index is 2.95. The first kappa shape index (κ1) is 22.2. The summed E-state index contributed by atoms with van der Waals surface area (Å²) in [5.74, 6) is -0.749. The standard InChI is InChI=1S/C19H30N2O4S/c1-5-7-12-21(6-2)19(23)17(11-13-26(4,24)25)20-18(22)16-10-8-9-15(3)14-16/h8-10,14,17H,5-7,11-13H2,1-4H3,(H,20,22). The predicted octanol–water partition coefficient (Wildman–Crippen LogP) is 2.18. The monoisotopic (exact) mass is 382 g/mol. The first-order chi connectivity index (χ1) is 12.2. The number of nitrogens with one attached hydrogen (secondary N) is 1. The highest BCUT2D eigenvalue weighted by Gasteiger charge is 2.26. The van der Waals surface area contributed by atoms with Crippen LogP contribution >= 0.6 is 0 Å². The molecule has 1 N–H and O–H groups in total. The largest absolute Gasteiger partial charge is 0.341 e. The number of amides is 2. The summed E-state index contributed by atoms with van der Waals surface area (Å²) in [5, 5.41) is 2.73. The number of hydrogen-bond acceptors (Lipinski definition) is 4. The Morgan fingerprint density at radius 2 is 1.92 bits per heavy atom. The summed E-state index contributed by atoms with van der Waals surface area (Å²) in [4.78, 5) is 27.1. The van der Waals surface area contributed by atoms with Gasteiger partial charge in [-0.25, -0.2) is 8.42 Å². The van der Waals surface area contributed by atoms with E-state index in [-0.39, 0.29) is 24.0 Å². The molecule has 6 nitrogen and oxygen atoms in total. The topological polar surface area (TPSA) is 83.6 Å².